The molecule has 1 aliphatic carbocycles. The smallest absolute Gasteiger partial charge is 0.341 e. The molecule has 0 heterocycles. The lowest BCUT2D eigenvalue weighted by atomic mass is 10.2. The third-order valence-corrected chi connectivity index (χ3v) is 8.64. The molecule has 0 spiro atoms. The quantitative estimate of drug-likeness (QED) is 0.416. The molecule has 0 aromatic heterocycles. The Kier molecular flexibility index (Phi) is 9.00. The Bertz CT molecular complexity index is 205. The van der Waals surface area contributed by atoms with Gasteiger partial charge >= 0.3 is 8.56 Å². The summed E-state index contributed by atoms with van der Waals surface area (Å²) in [5, 5.41) is 0. The highest BCUT2D eigenvalue weighted by atomic mass is 28.4. The van der Waals surface area contributed by atoms with Crippen molar-refractivity contribution < 1.29 is 8.85 Å². The molecule has 0 radical (unpaired) electrons. The van der Waals surface area contributed by atoms with Crippen LogP contribution in [0.4, 0.5) is 0 Å². The molecule has 1 fully saturated rings. The fourth-order valence-electron chi connectivity index (χ4n) is 3.29. The first-order valence-electron chi connectivity index (χ1n) is 8.57. The topological polar surface area (TPSA) is 18.5 Å². The zero-order chi connectivity index (χ0) is 14.0. The Morgan fingerprint density at radius 3 is 2.11 bits per heavy atom. The van der Waals surface area contributed by atoms with Crippen LogP contribution in [0, 0.1) is 0 Å². The van der Waals surface area contributed by atoms with Gasteiger partial charge in [-0.15, -0.1) is 0 Å². The van der Waals surface area contributed by atoms with Gasteiger partial charge in [-0.25, -0.2) is 0 Å². The summed E-state index contributed by atoms with van der Waals surface area (Å²) in [6.07, 6.45) is 11.9. The third-order valence-electron chi connectivity index (χ3n) is 4.30. The summed E-state index contributed by atoms with van der Waals surface area (Å²) in [6.45, 7) is 8.35. The highest BCUT2D eigenvalue weighted by Crippen LogP contribution is 2.40. The van der Waals surface area contributed by atoms with Crippen molar-refractivity contribution in [2.45, 2.75) is 90.1 Å². The number of hydrogen-bond acceptors (Lipinski definition) is 2. The summed E-state index contributed by atoms with van der Waals surface area (Å²) >= 11 is 0. The van der Waals surface area contributed by atoms with Crippen LogP contribution in [0.1, 0.15) is 78.6 Å². The van der Waals surface area contributed by atoms with E-state index in [1.807, 2.05) is 0 Å². The molecular weight excluding hydrogens is 252 g/mol. The molecule has 1 saturated carbocycles. The average Bonchev–Trinajstić information content (AvgIpc) is 2.71. The predicted molar refractivity (Wildman–Crippen MR) is 84.8 cm³/mol. The molecule has 0 amide bonds. The van der Waals surface area contributed by atoms with E-state index in [2.05, 4.69) is 20.8 Å². The minimum Gasteiger partial charge on any atom is -0.394 e. The van der Waals surface area contributed by atoms with Gasteiger partial charge in [-0.3, -0.25) is 0 Å². The number of rotatable bonds is 9. The molecule has 1 aliphatic rings. The lowest BCUT2D eigenvalue weighted by molar-refractivity contribution is 0.160. The van der Waals surface area contributed by atoms with E-state index in [9.17, 15) is 0 Å². The van der Waals surface area contributed by atoms with Gasteiger partial charge in [0.15, 0.2) is 0 Å². The van der Waals surface area contributed by atoms with Crippen LogP contribution in [-0.4, -0.2) is 21.8 Å². The molecular formula is C16H34O2Si. The first-order chi connectivity index (χ1) is 9.29. The Morgan fingerprint density at radius 2 is 1.58 bits per heavy atom. The highest BCUT2D eigenvalue weighted by molar-refractivity contribution is 6.69. The predicted octanol–water partition coefficient (Wildman–Crippen LogP) is 5.42. The van der Waals surface area contributed by atoms with Gasteiger partial charge in [0.25, 0.3) is 0 Å². The van der Waals surface area contributed by atoms with Crippen molar-refractivity contribution in [3.63, 3.8) is 0 Å². The van der Waals surface area contributed by atoms with Gasteiger partial charge in [0.05, 0.1) is 0 Å². The molecule has 0 bridgehead atoms. The Morgan fingerprint density at radius 1 is 0.895 bits per heavy atom. The summed E-state index contributed by atoms with van der Waals surface area (Å²) in [5.74, 6) is 0. The van der Waals surface area contributed by atoms with Gasteiger partial charge in [0, 0.05) is 18.8 Å². The Balaban J connectivity index is 2.76. The van der Waals surface area contributed by atoms with E-state index in [0.717, 1.165) is 25.2 Å². The van der Waals surface area contributed by atoms with Crippen molar-refractivity contribution >= 4 is 8.56 Å². The van der Waals surface area contributed by atoms with E-state index in [4.69, 9.17) is 8.85 Å². The molecule has 0 aliphatic heterocycles. The molecule has 0 saturated heterocycles. The van der Waals surface area contributed by atoms with Crippen LogP contribution >= 0.6 is 0 Å². The maximum Gasteiger partial charge on any atom is 0.341 e. The van der Waals surface area contributed by atoms with Crippen LogP contribution in [0.5, 0.6) is 0 Å². The lowest BCUT2D eigenvalue weighted by Gasteiger charge is -2.37. The average molecular weight is 287 g/mol. The van der Waals surface area contributed by atoms with E-state index < -0.39 is 8.56 Å². The zero-order valence-corrected chi connectivity index (χ0v) is 14.4. The molecule has 0 aromatic rings. The maximum absolute atomic E-state index is 6.43. The van der Waals surface area contributed by atoms with E-state index in [1.54, 1.807) is 0 Å². The number of unbranched alkanes of at least 4 members (excludes halogenated alkanes) is 1. The second-order valence-electron chi connectivity index (χ2n) is 5.89. The van der Waals surface area contributed by atoms with Gasteiger partial charge < -0.3 is 8.85 Å². The molecule has 0 N–H and O–H groups in total. The van der Waals surface area contributed by atoms with Gasteiger partial charge in [0.2, 0.25) is 0 Å². The van der Waals surface area contributed by atoms with Gasteiger partial charge in [-0.05, 0) is 32.2 Å². The van der Waals surface area contributed by atoms with Crippen molar-refractivity contribution in [3.05, 3.63) is 0 Å². The first kappa shape index (κ1) is 17.2. The molecule has 0 aromatic carbocycles. The van der Waals surface area contributed by atoms with Crippen LogP contribution < -0.4 is 0 Å². The largest absolute Gasteiger partial charge is 0.394 e. The summed E-state index contributed by atoms with van der Waals surface area (Å²) in [6, 6.07) is 1.21. The minimum atomic E-state index is -1.97. The fourth-order valence-corrected chi connectivity index (χ4v) is 7.71. The van der Waals surface area contributed by atoms with E-state index in [1.165, 1.54) is 57.4 Å². The summed E-state index contributed by atoms with van der Waals surface area (Å²) in [7, 11) is -1.97. The SMILES string of the molecule is CCCC[Si](OCC)(OCCC)C1CCCCCC1. The minimum absolute atomic E-state index is 0.744. The first-order valence-corrected chi connectivity index (χ1v) is 10.7. The fraction of sp³-hybridized carbons (Fsp3) is 1.00. The van der Waals surface area contributed by atoms with E-state index >= 15 is 0 Å². The van der Waals surface area contributed by atoms with Crippen LogP contribution in [0.15, 0.2) is 0 Å². The molecule has 1 atom stereocenters. The molecule has 2 nitrogen and oxygen atoms in total. The lowest BCUT2D eigenvalue weighted by Crippen LogP contribution is -2.47. The second kappa shape index (κ2) is 9.95. The van der Waals surface area contributed by atoms with Crippen molar-refractivity contribution in [2.24, 2.45) is 0 Å². The molecule has 1 rings (SSSR count). The molecule has 114 valence electrons. The maximum atomic E-state index is 6.43. The van der Waals surface area contributed by atoms with Crippen molar-refractivity contribution in [3.8, 4) is 0 Å². The van der Waals surface area contributed by atoms with E-state index in [-0.39, 0.29) is 0 Å². The van der Waals surface area contributed by atoms with Gasteiger partial charge in [-0.2, -0.15) is 0 Å². The standard InChI is InChI=1S/C16H34O2Si/c1-4-7-15-19(17-6-3,18-14-5-2)16-12-10-8-9-11-13-16/h16H,4-15H2,1-3H3. The van der Waals surface area contributed by atoms with Crippen LogP contribution in [0.25, 0.3) is 0 Å². The second-order valence-corrected chi connectivity index (χ2v) is 9.40. The van der Waals surface area contributed by atoms with Gasteiger partial charge in [-0.1, -0.05) is 52.4 Å². The molecule has 19 heavy (non-hydrogen) atoms. The van der Waals surface area contributed by atoms with Gasteiger partial charge in [0.1, 0.15) is 0 Å². The van der Waals surface area contributed by atoms with Crippen LogP contribution in [0.2, 0.25) is 11.6 Å². The number of hydrogen-bond donors (Lipinski definition) is 0. The highest BCUT2D eigenvalue weighted by Gasteiger charge is 2.44. The summed E-state index contributed by atoms with van der Waals surface area (Å²) in [5.41, 5.74) is 0.744. The van der Waals surface area contributed by atoms with E-state index in [0.29, 0.717) is 0 Å². The van der Waals surface area contributed by atoms with Crippen molar-refractivity contribution in [1.82, 2.24) is 0 Å². The van der Waals surface area contributed by atoms with Crippen LogP contribution in [0.3, 0.4) is 0 Å². The van der Waals surface area contributed by atoms with Crippen LogP contribution in [-0.2, 0) is 8.85 Å². The molecule has 3 heteroatoms. The Hall–Kier alpha value is 0.137. The normalized spacial score (nSPS) is 21.0. The zero-order valence-electron chi connectivity index (χ0n) is 13.4. The molecule has 1 unspecified atom stereocenters. The summed E-state index contributed by atoms with van der Waals surface area (Å²) < 4.78 is 12.8. The summed E-state index contributed by atoms with van der Waals surface area (Å²) in [4.78, 5) is 0. The van der Waals surface area contributed by atoms with Crippen molar-refractivity contribution in [1.29, 1.82) is 0 Å². The third kappa shape index (κ3) is 5.56. The Labute approximate surface area is 121 Å². The monoisotopic (exact) mass is 286 g/mol. The van der Waals surface area contributed by atoms with Crippen molar-refractivity contribution in [2.75, 3.05) is 13.2 Å².